The summed E-state index contributed by atoms with van der Waals surface area (Å²) in [6, 6.07) is 7.55. The van der Waals surface area contributed by atoms with Crippen LogP contribution in [0.25, 0.3) is 0 Å². The minimum atomic E-state index is 0.0516. The van der Waals surface area contributed by atoms with E-state index in [1.165, 1.54) is 0 Å². The third-order valence-corrected chi connectivity index (χ3v) is 6.05. The molecule has 2 aliphatic rings. The zero-order valence-electron chi connectivity index (χ0n) is 16.8. The van der Waals surface area contributed by atoms with E-state index in [0.717, 1.165) is 43.4 Å². The van der Waals surface area contributed by atoms with Crippen LogP contribution in [0, 0.1) is 12.3 Å². The lowest BCUT2D eigenvalue weighted by Gasteiger charge is -2.51. The first-order valence-corrected chi connectivity index (χ1v) is 9.90. The summed E-state index contributed by atoms with van der Waals surface area (Å²) in [7, 11) is 6.04. The lowest BCUT2D eigenvalue weighted by molar-refractivity contribution is 0.00354. The van der Waals surface area contributed by atoms with Crippen molar-refractivity contribution in [2.75, 3.05) is 52.2 Å². The van der Waals surface area contributed by atoms with Crippen molar-refractivity contribution in [2.45, 2.75) is 12.8 Å². The second-order valence-electron chi connectivity index (χ2n) is 8.47. The molecule has 6 nitrogen and oxygen atoms in total. The predicted octanol–water partition coefficient (Wildman–Crippen LogP) is 2.68. The zero-order chi connectivity index (χ0) is 20.1. The van der Waals surface area contributed by atoms with Gasteiger partial charge in [0.15, 0.2) is 0 Å². The Kier molecular flexibility index (Phi) is 4.79. The molecule has 2 aromatic rings. The van der Waals surface area contributed by atoms with Crippen LogP contribution in [0.3, 0.4) is 0 Å². The van der Waals surface area contributed by atoms with Crippen molar-refractivity contribution >= 4 is 23.5 Å². The second-order valence-corrected chi connectivity index (χ2v) is 8.90. The van der Waals surface area contributed by atoms with Gasteiger partial charge in [-0.2, -0.15) is 0 Å². The molecule has 0 bridgehead atoms. The number of rotatable bonds is 3. The summed E-state index contributed by atoms with van der Waals surface area (Å²) in [6.07, 6.45) is 1.83. The molecule has 1 spiro atoms. The maximum atomic E-state index is 13.0. The van der Waals surface area contributed by atoms with Gasteiger partial charge in [0.2, 0.25) is 5.95 Å². The highest BCUT2D eigenvalue weighted by Gasteiger charge is 2.55. The SMILES string of the molecule is Cc1cc(Cl)cc(C(=O)N2CC3(CN(C)CC3c3ccnc(N(C)C)n3)C2)c1. The Balaban J connectivity index is 1.55. The minimum Gasteiger partial charge on any atom is -0.347 e. The van der Waals surface area contributed by atoms with Crippen molar-refractivity contribution in [2.24, 2.45) is 5.41 Å². The van der Waals surface area contributed by atoms with E-state index in [0.29, 0.717) is 16.5 Å². The Labute approximate surface area is 171 Å². The lowest BCUT2D eigenvalue weighted by atomic mass is 9.70. The molecule has 4 rings (SSSR count). The Morgan fingerprint density at radius 2 is 2.00 bits per heavy atom. The van der Waals surface area contributed by atoms with Crippen LogP contribution in [0.1, 0.15) is 27.5 Å². The van der Waals surface area contributed by atoms with Crippen LogP contribution in [-0.4, -0.2) is 73.0 Å². The van der Waals surface area contributed by atoms with E-state index in [9.17, 15) is 4.79 Å². The third-order valence-electron chi connectivity index (χ3n) is 5.83. The van der Waals surface area contributed by atoms with Crippen molar-refractivity contribution < 1.29 is 4.79 Å². The summed E-state index contributed by atoms with van der Waals surface area (Å²) in [5, 5.41) is 0.606. The van der Waals surface area contributed by atoms with Gasteiger partial charge in [0, 0.05) is 68.4 Å². The fraction of sp³-hybridized carbons (Fsp3) is 0.476. The zero-order valence-corrected chi connectivity index (χ0v) is 17.6. The summed E-state index contributed by atoms with van der Waals surface area (Å²) >= 11 is 6.15. The molecular weight excluding hydrogens is 374 g/mol. The normalized spacial score (nSPS) is 21.0. The topological polar surface area (TPSA) is 52.6 Å². The number of likely N-dealkylation sites (tertiary alicyclic amines) is 2. The number of aromatic nitrogens is 2. The molecule has 1 aromatic carbocycles. The van der Waals surface area contributed by atoms with Gasteiger partial charge in [-0.15, -0.1) is 0 Å². The minimum absolute atomic E-state index is 0.0516. The number of halogens is 1. The molecule has 148 valence electrons. The second kappa shape index (κ2) is 7.01. The molecule has 2 saturated heterocycles. The molecular formula is C21H26ClN5O. The molecule has 2 fully saturated rings. The van der Waals surface area contributed by atoms with Crippen LogP contribution in [-0.2, 0) is 0 Å². The number of carbonyl (C=O) groups excluding carboxylic acids is 1. The molecule has 2 aliphatic heterocycles. The van der Waals surface area contributed by atoms with Gasteiger partial charge in [-0.05, 0) is 43.8 Å². The molecule has 0 N–H and O–H groups in total. The number of aryl methyl sites for hydroxylation is 1. The van der Waals surface area contributed by atoms with Crippen molar-refractivity contribution in [1.82, 2.24) is 19.8 Å². The summed E-state index contributed by atoms with van der Waals surface area (Å²) in [5.41, 5.74) is 2.78. The first-order chi connectivity index (χ1) is 13.3. The van der Waals surface area contributed by atoms with Crippen molar-refractivity contribution in [3.8, 4) is 0 Å². The monoisotopic (exact) mass is 399 g/mol. The van der Waals surface area contributed by atoms with Crippen molar-refractivity contribution in [3.05, 3.63) is 52.3 Å². The van der Waals surface area contributed by atoms with Crippen molar-refractivity contribution in [1.29, 1.82) is 0 Å². The van der Waals surface area contributed by atoms with E-state index >= 15 is 0 Å². The Hall–Kier alpha value is -2.18. The lowest BCUT2D eigenvalue weighted by Crippen LogP contribution is -2.61. The maximum absolute atomic E-state index is 13.0. The molecule has 3 heterocycles. The van der Waals surface area contributed by atoms with E-state index in [2.05, 4.69) is 16.9 Å². The standard InChI is InChI=1S/C21H26ClN5O/c1-14-7-15(9-16(22)8-14)19(28)27-12-21(13-27)11-26(4)10-17(21)18-5-6-23-20(24-18)25(2)3/h5-9,17H,10-13H2,1-4H3. The molecule has 1 unspecified atom stereocenters. The summed E-state index contributed by atoms with van der Waals surface area (Å²) in [5.74, 6) is 1.08. The van der Waals surface area contributed by atoms with Gasteiger partial charge < -0.3 is 14.7 Å². The van der Waals surface area contributed by atoms with E-state index in [4.69, 9.17) is 16.6 Å². The van der Waals surface area contributed by atoms with Crippen LogP contribution in [0.15, 0.2) is 30.5 Å². The molecule has 0 saturated carbocycles. The van der Waals surface area contributed by atoms with Crippen molar-refractivity contribution in [3.63, 3.8) is 0 Å². The number of hydrogen-bond acceptors (Lipinski definition) is 5. The van der Waals surface area contributed by atoms with Gasteiger partial charge in [0.05, 0.1) is 5.69 Å². The molecule has 1 amide bonds. The highest BCUT2D eigenvalue weighted by Crippen LogP contribution is 2.48. The highest BCUT2D eigenvalue weighted by molar-refractivity contribution is 6.31. The molecule has 7 heteroatoms. The number of hydrogen-bond donors (Lipinski definition) is 0. The Morgan fingerprint density at radius 1 is 1.25 bits per heavy atom. The van der Waals surface area contributed by atoms with Crippen LogP contribution < -0.4 is 4.90 Å². The first-order valence-electron chi connectivity index (χ1n) is 9.53. The fourth-order valence-electron chi connectivity index (χ4n) is 4.62. The largest absolute Gasteiger partial charge is 0.347 e. The van der Waals surface area contributed by atoms with Crippen LogP contribution in [0.5, 0.6) is 0 Å². The van der Waals surface area contributed by atoms with Crippen LogP contribution >= 0.6 is 11.6 Å². The predicted molar refractivity (Wildman–Crippen MR) is 111 cm³/mol. The van der Waals surface area contributed by atoms with E-state index < -0.39 is 0 Å². The van der Waals surface area contributed by atoms with Crippen LogP contribution in [0.2, 0.25) is 5.02 Å². The molecule has 28 heavy (non-hydrogen) atoms. The summed E-state index contributed by atoms with van der Waals surface area (Å²) in [4.78, 5) is 28.3. The van der Waals surface area contributed by atoms with Gasteiger partial charge in [-0.3, -0.25) is 4.79 Å². The highest BCUT2D eigenvalue weighted by atomic mass is 35.5. The van der Waals surface area contributed by atoms with E-state index in [1.54, 1.807) is 6.07 Å². The Morgan fingerprint density at radius 3 is 2.68 bits per heavy atom. The number of benzene rings is 1. The van der Waals surface area contributed by atoms with Gasteiger partial charge in [-0.25, -0.2) is 9.97 Å². The number of amides is 1. The molecule has 0 aliphatic carbocycles. The maximum Gasteiger partial charge on any atom is 0.253 e. The number of likely N-dealkylation sites (N-methyl/N-ethyl adjacent to an activating group) is 1. The number of carbonyl (C=O) groups is 1. The van der Waals surface area contributed by atoms with Gasteiger partial charge in [0.1, 0.15) is 0 Å². The average molecular weight is 400 g/mol. The fourth-order valence-corrected chi connectivity index (χ4v) is 4.91. The smallest absolute Gasteiger partial charge is 0.253 e. The molecule has 1 atom stereocenters. The van der Waals surface area contributed by atoms with Gasteiger partial charge in [-0.1, -0.05) is 11.6 Å². The first kappa shape index (κ1) is 19.2. The van der Waals surface area contributed by atoms with Gasteiger partial charge >= 0.3 is 0 Å². The van der Waals surface area contributed by atoms with E-state index in [1.807, 2.05) is 55.2 Å². The summed E-state index contributed by atoms with van der Waals surface area (Å²) < 4.78 is 0. The van der Waals surface area contributed by atoms with Gasteiger partial charge in [0.25, 0.3) is 5.91 Å². The van der Waals surface area contributed by atoms with E-state index in [-0.39, 0.29) is 11.3 Å². The summed E-state index contributed by atoms with van der Waals surface area (Å²) in [6.45, 7) is 5.36. The number of anilines is 1. The number of nitrogens with zero attached hydrogens (tertiary/aromatic N) is 5. The molecule has 0 radical (unpaired) electrons. The Bertz CT molecular complexity index is 889. The quantitative estimate of drug-likeness (QED) is 0.794. The van der Waals surface area contributed by atoms with Crippen LogP contribution in [0.4, 0.5) is 5.95 Å². The third kappa shape index (κ3) is 3.35. The molecule has 1 aromatic heterocycles. The average Bonchev–Trinajstić information content (AvgIpc) is 2.96.